The van der Waals surface area contributed by atoms with Gasteiger partial charge in [-0.1, -0.05) is 13.3 Å². The first kappa shape index (κ1) is 11.6. The minimum atomic E-state index is 0.678. The third-order valence-corrected chi connectivity index (χ3v) is 3.41. The second-order valence-corrected chi connectivity index (χ2v) is 4.69. The second kappa shape index (κ2) is 5.46. The van der Waals surface area contributed by atoms with Gasteiger partial charge in [-0.2, -0.15) is 0 Å². The van der Waals surface area contributed by atoms with Gasteiger partial charge in [0.1, 0.15) is 0 Å². The third kappa shape index (κ3) is 2.83. The van der Waals surface area contributed by atoms with Crippen molar-refractivity contribution in [1.29, 1.82) is 0 Å². The van der Waals surface area contributed by atoms with E-state index in [9.17, 15) is 0 Å². The summed E-state index contributed by atoms with van der Waals surface area (Å²) in [5, 5.41) is 0. The van der Waals surface area contributed by atoms with Crippen LogP contribution in [0, 0.1) is 5.92 Å². The highest BCUT2D eigenvalue weighted by Gasteiger charge is 2.21. The Morgan fingerprint density at radius 2 is 2.44 bits per heavy atom. The van der Waals surface area contributed by atoms with Crippen molar-refractivity contribution in [1.82, 2.24) is 14.5 Å². The fourth-order valence-electron chi connectivity index (χ4n) is 2.38. The SMILES string of the molecule is CCC1CCN(Cc2cn(CCN)cn2)C1. The summed E-state index contributed by atoms with van der Waals surface area (Å²) in [6, 6.07) is 0. The molecule has 1 saturated heterocycles. The van der Waals surface area contributed by atoms with Gasteiger partial charge in [-0.25, -0.2) is 4.98 Å². The molecular formula is C12H22N4. The zero-order valence-electron chi connectivity index (χ0n) is 10.1. The van der Waals surface area contributed by atoms with Crippen molar-refractivity contribution >= 4 is 0 Å². The molecule has 90 valence electrons. The van der Waals surface area contributed by atoms with Crippen LogP contribution in [0.25, 0.3) is 0 Å². The molecule has 16 heavy (non-hydrogen) atoms. The van der Waals surface area contributed by atoms with Gasteiger partial charge in [0.2, 0.25) is 0 Å². The topological polar surface area (TPSA) is 47.1 Å². The minimum Gasteiger partial charge on any atom is -0.336 e. The average molecular weight is 222 g/mol. The van der Waals surface area contributed by atoms with Crippen molar-refractivity contribution in [3.8, 4) is 0 Å². The maximum absolute atomic E-state index is 5.51. The maximum Gasteiger partial charge on any atom is 0.0950 e. The van der Waals surface area contributed by atoms with Crippen LogP contribution in [0.3, 0.4) is 0 Å². The molecule has 1 atom stereocenters. The Hall–Kier alpha value is -0.870. The maximum atomic E-state index is 5.51. The largest absolute Gasteiger partial charge is 0.336 e. The van der Waals surface area contributed by atoms with Gasteiger partial charge in [0.05, 0.1) is 12.0 Å². The van der Waals surface area contributed by atoms with E-state index >= 15 is 0 Å². The van der Waals surface area contributed by atoms with Crippen LogP contribution >= 0.6 is 0 Å². The number of aromatic nitrogens is 2. The Labute approximate surface area is 97.4 Å². The summed E-state index contributed by atoms with van der Waals surface area (Å²) in [4.78, 5) is 6.92. The summed E-state index contributed by atoms with van der Waals surface area (Å²) >= 11 is 0. The number of rotatable bonds is 5. The molecule has 0 saturated carbocycles. The summed E-state index contributed by atoms with van der Waals surface area (Å²) in [5.41, 5.74) is 6.68. The molecule has 4 nitrogen and oxygen atoms in total. The second-order valence-electron chi connectivity index (χ2n) is 4.69. The van der Waals surface area contributed by atoms with Crippen molar-refractivity contribution < 1.29 is 0 Å². The number of nitrogens with two attached hydrogens (primary N) is 1. The van der Waals surface area contributed by atoms with E-state index in [-0.39, 0.29) is 0 Å². The number of imidazole rings is 1. The molecule has 1 aromatic rings. The Morgan fingerprint density at radius 1 is 1.56 bits per heavy atom. The van der Waals surface area contributed by atoms with Crippen molar-refractivity contribution in [2.75, 3.05) is 19.6 Å². The van der Waals surface area contributed by atoms with Crippen LogP contribution in [0.1, 0.15) is 25.5 Å². The normalized spacial score (nSPS) is 21.8. The first-order chi connectivity index (χ1) is 7.81. The van der Waals surface area contributed by atoms with Crippen LogP contribution in [0.2, 0.25) is 0 Å². The minimum absolute atomic E-state index is 0.678. The molecule has 0 aromatic carbocycles. The van der Waals surface area contributed by atoms with Gasteiger partial charge in [0.15, 0.2) is 0 Å². The monoisotopic (exact) mass is 222 g/mol. The lowest BCUT2D eigenvalue weighted by Crippen LogP contribution is -2.20. The van der Waals surface area contributed by atoms with Crippen molar-refractivity contribution in [2.24, 2.45) is 11.7 Å². The number of hydrogen-bond acceptors (Lipinski definition) is 3. The van der Waals surface area contributed by atoms with Gasteiger partial charge in [0, 0.05) is 32.4 Å². The van der Waals surface area contributed by atoms with Gasteiger partial charge in [0.25, 0.3) is 0 Å². The van der Waals surface area contributed by atoms with E-state index in [4.69, 9.17) is 5.73 Å². The van der Waals surface area contributed by atoms with E-state index in [1.165, 1.54) is 31.6 Å². The highest BCUT2D eigenvalue weighted by Crippen LogP contribution is 2.20. The smallest absolute Gasteiger partial charge is 0.0950 e. The van der Waals surface area contributed by atoms with E-state index in [1.807, 2.05) is 6.33 Å². The third-order valence-electron chi connectivity index (χ3n) is 3.41. The quantitative estimate of drug-likeness (QED) is 0.811. The van der Waals surface area contributed by atoms with E-state index in [0.717, 1.165) is 19.0 Å². The van der Waals surface area contributed by atoms with Crippen molar-refractivity contribution in [3.05, 3.63) is 18.2 Å². The fraction of sp³-hybridized carbons (Fsp3) is 0.750. The summed E-state index contributed by atoms with van der Waals surface area (Å²) in [6.07, 6.45) is 6.65. The number of nitrogens with zero attached hydrogens (tertiary/aromatic N) is 3. The fourth-order valence-corrected chi connectivity index (χ4v) is 2.38. The molecule has 0 bridgehead atoms. The predicted octanol–water partition coefficient (Wildman–Crippen LogP) is 1.07. The van der Waals surface area contributed by atoms with E-state index in [0.29, 0.717) is 6.54 Å². The molecule has 1 aliphatic rings. The lowest BCUT2D eigenvalue weighted by atomic mass is 10.1. The highest BCUT2D eigenvalue weighted by molar-refractivity contribution is 4.97. The first-order valence-electron chi connectivity index (χ1n) is 6.25. The first-order valence-corrected chi connectivity index (χ1v) is 6.25. The van der Waals surface area contributed by atoms with Gasteiger partial charge in [-0.15, -0.1) is 0 Å². The molecule has 1 fully saturated rings. The Balaban J connectivity index is 1.84. The van der Waals surface area contributed by atoms with Crippen LogP contribution in [0.15, 0.2) is 12.5 Å². The van der Waals surface area contributed by atoms with Crippen LogP contribution < -0.4 is 5.73 Å². The molecule has 0 radical (unpaired) electrons. The molecule has 0 spiro atoms. The van der Waals surface area contributed by atoms with E-state index in [1.54, 1.807) is 0 Å². The molecule has 2 heterocycles. The average Bonchev–Trinajstić information content (AvgIpc) is 2.89. The molecule has 1 unspecified atom stereocenters. The Morgan fingerprint density at radius 3 is 3.12 bits per heavy atom. The van der Waals surface area contributed by atoms with Crippen LogP contribution in [-0.2, 0) is 13.1 Å². The zero-order valence-corrected chi connectivity index (χ0v) is 10.1. The molecular weight excluding hydrogens is 200 g/mol. The Kier molecular flexibility index (Phi) is 3.96. The Bertz CT molecular complexity index is 321. The molecule has 1 aliphatic heterocycles. The predicted molar refractivity (Wildman–Crippen MR) is 65.0 cm³/mol. The molecule has 2 N–H and O–H groups in total. The summed E-state index contributed by atoms with van der Waals surface area (Å²) in [7, 11) is 0. The number of hydrogen-bond donors (Lipinski definition) is 1. The lowest BCUT2D eigenvalue weighted by Gasteiger charge is -2.13. The van der Waals surface area contributed by atoms with Crippen molar-refractivity contribution in [3.63, 3.8) is 0 Å². The summed E-state index contributed by atoms with van der Waals surface area (Å²) in [6.45, 7) is 7.28. The molecule has 1 aromatic heterocycles. The number of likely N-dealkylation sites (tertiary alicyclic amines) is 1. The van der Waals surface area contributed by atoms with E-state index < -0.39 is 0 Å². The van der Waals surface area contributed by atoms with Crippen LogP contribution in [-0.4, -0.2) is 34.1 Å². The zero-order chi connectivity index (χ0) is 11.4. The van der Waals surface area contributed by atoms with Gasteiger partial charge in [-0.3, -0.25) is 4.90 Å². The summed E-state index contributed by atoms with van der Waals surface area (Å²) < 4.78 is 2.07. The highest BCUT2D eigenvalue weighted by atomic mass is 15.2. The van der Waals surface area contributed by atoms with Gasteiger partial charge in [-0.05, 0) is 18.9 Å². The molecule has 4 heteroatoms. The summed E-state index contributed by atoms with van der Waals surface area (Å²) in [5.74, 6) is 0.895. The molecule has 0 amide bonds. The standard InChI is InChI=1S/C12H22N4/c1-2-11-3-5-15(7-11)8-12-9-16(6-4-13)10-14-12/h9-11H,2-8,13H2,1H3. The molecule has 0 aliphatic carbocycles. The van der Waals surface area contributed by atoms with E-state index in [2.05, 4.69) is 27.6 Å². The van der Waals surface area contributed by atoms with Crippen molar-refractivity contribution in [2.45, 2.75) is 32.9 Å². The van der Waals surface area contributed by atoms with Gasteiger partial charge < -0.3 is 10.3 Å². The van der Waals surface area contributed by atoms with Gasteiger partial charge >= 0.3 is 0 Å². The van der Waals surface area contributed by atoms with Crippen LogP contribution in [0.4, 0.5) is 0 Å². The van der Waals surface area contributed by atoms with Crippen LogP contribution in [0.5, 0.6) is 0 Å². The lowest BCUT2D eigenvalue weighted by molar-refractivity contribution is 0.312. The molecule has 2 rings (SSSR count).